The Balaban J connectivity index is 2.65. The first-order valence-corrected chi connectivity index (χ1v) is 5.68. The lowest BCUT2D eigenvalue weighted by molar-refractivity contribution is -0.131. The number of anilines is 1. The minimum Gasteiger partial charge on any atom is -0.478 e. The van der Waals surface area contributed by atoms with E-state index in [1.165, 1.54) is 11.6 Å². The number of hydrogen-bond donors (Lipinski definition) is 2. The number of aryl methyl sites for hydroxylation is 1. The number of carboxylic acids is 1. The van der Waals surface area contributed by atoms with Gasteiger partial charge in [0.1, 0.15) is 0 Å². The van der Waals surface area contributed by atoms with Gasteiger partial charge >= 0.3 is 5.97 Å². The summed E-state index contributed by atoms with van der Waals surface area (Å²) in [7, 11) is 0. The Morgan fingerprint density at radius 1 is 1.56 bits per heavy atom. The number of carbonyl (C=O) groups is 1. The second-order valence-corrected chi connectivity index (χ2v) is 4.52. The highest BCUT2D eigenvalue weighted by molar-refractivity contribution is 9.10. The summed E-state index contributed by atoms with van der Waals surface area (Å²) in [5.41, 5.74) is 2.92. The van der Waals surface area contributed by atoms with Crippen LogP contribution < -0.4 is 5.32 Å². The van der Waals surface area contributed by atoms with Crippen molar-refractivity contribution in [3.63, 3.8) is 0 Å². The van der Waals surface area contributed by atoms with E-state index in [2.05, 4.69) is 21.2 Å². The number of hydrogen-bond acceptors (Lipinski definition) is 2. The third-order valence-electron chi connectivity index (χ3n) is 2.05. The fraction of sp³-hybridized carbons (Fsp3) is 0.250. The summed E-state index contributed by atoms with van der Waals surface area (Å²) in [5.74, 6) is -0.915. The fourth-order valence-electron chi connectivity index (χ4n) is 1.26. The first-order chi connectivity index (χ1) is 7.49. The predicted molar refractivity (Wildman–Crippen MR) is 68.8 cm³/mol. The Morgan fingerprint density at radius 3 is 2.81 bits per heavy atom. The molecular formula is C12H14BrNO2. The Hall–Kier alpha value is -1.29. The van der Waals surface area contributed by atoms with Gasteiger partial charge in [-0.2, -0.15) is 0 Å². The molecule has 0 aliphatic rings. The molecule has 1 aromatic carbocycles. The molecule has 0 atom stereocenters. The van der Waals surface area contributed by atoms with Crippen LogP contribution in [0, 0.1) is 6.92 Å². The Bertz CT molecular complexity index is 427. The van der Waals surface area contributed by atoms with E-state index in [4.69, 9.17) is 5.11 Å². The molecule has 3 nitrogen and oxygen atoms in total. The molecule has 0 radical (unpaired) electrons. The third kappa shape index (κ3) is 4.06. The van der Waals surface area contributed by atoms with Crippen molar-refractivity contribution in [1.29, 1.82) is 0 Å². The van der Waals surface area contributed by atoms with Gasteiger partial charge in [-0.3, -0.25) is 0 Å². The molecular weight excluding hydrogens is 270 g/mol. The van der Waals surface area contributed by atoms with E-state index in [9.17, 15) is 4.79 Å². The number of halogens is 1. The highest BCUT2D eigenvalue weighted by Gasteiger charge is 2.00. The summed E-state index contributed by atoms with van der Waals surface area (Å²) in [6.45, 7) is 4.32. The van der Waals surface area contributed by atoms with Gasteiger partial charge in [-0.1, -0.05) is 6.07 Å². The molecule has 86 valence electrons. The molecule has 0 aliphatic heterocycles. The largest absolute Gasteiger partial charge is 0.478 e. The van der Waals surface area contributed by atoms with Crippen LogP contribution >= 0.6 is 15.9 Å². The van der Waals surface area contributed by atoms with Crippen molar-refractivity contribution in [3.8, 4) is 0 Å². The predicted octanol–water partition coefficient (Wildman–Crippen LogP) is 3.20. The summed E-state index contributed by atoms with van der Waals surface area (Å²) < 4.78 is 0.982. The second-order valence-electron chi connectivity index (χ2n) is 3.67. The average Bonchev–Trinajstić information content (AvgIpc) is 2.15. The molecule has 0 heterocycles. The SMILES string of the molecule is C/C(=C/C(=O)O)CNc1ccc(C)cc1Br. The van der Waals surface area contributed by atoms with Crippen molar-refractivity contribution in [1.82, 2.24) is 0 Å². The molecule has 0 aliphatic carbocycles. The standard InChI is InChI=1S/C12H14BrNO2/c1-8-3-4-11(10(13)5-8)14-7-9(2)6-12(15)16/h3-6,14H,7H2,1-2H3,(H,15,16)/b9-6-. The Kier molecular flexibility index (Phi) is 4.55. The summed E-state index contributed by atoms with van der Waals surface area (Å²) in [6.07, 6.45) is 1.20. The maximum Gasteiger partial charge on any atom is 0.328 e. The van der Waals surface area contributed by atoms with Gasteiger partial charge in [0.2, 0.25) is 0 Å². The lowest BCUT2D eigenvalue weighted by Gasteiger charge is -2.09. The van der Waals surface area contributed by atoms with E-state index in [0.717, 1.165) is 15.7 Å². The smallest absolute Gasteiger partial charge is 0.328 e. The number of aliphatic carboxylic acids is 1. The summed E-state index contributed by atoms with van der Waals surface area (Å²) in [6, 6.07) is 5.98. The second kappa shape index (κ2) is 5.70. The van der Waals surface area contributed by atoms with Crippen LogP contribution in [0.5, 0.6) is 0 Å². The normalized spacial score (nSPS) is 11.3. The highest BCUT2D eigenvalue weighted by atomic mass is 79.9. The van der Waals surface area contributed by atoms with Crippen LogP contribution in [-0.2, 0) is 4.79 Å². The third-order valence-corrected chi connectivity index (χ3v) is 2.71. The maximum atomic E-state index is 10.4. The van der Waals surface area contributed by atoms with Crippen molar-refractivity contribution in [2.75, 3.05) is 11.9 Å². The van der Waals surface area contributed by atoms with Gasteiger partial charge in [-0.25, -0.2) is 4.79 Å². The highest BCUT2D eigenvalue weighted by Crippen LogP contribution is 2.23. The summed E-state index contributed by atoms with van der Waals surface area (Å²) >= 11 is 3.45. The zero-order chi connectivity index (χ0) is 12.1. The quantitative estimate of drug-likeness (QED) is 0.835. The van der Waals surface area contributed by atoms with E-state index in [-0.39, 0.29) is 0 Å². The fourth-order valence-corrected chi connectivity index (χ4v) is 1.89. The topological polar surface area (TPSA) is 49.3 Å². The van der Waals surface area contributed by atoms with E-state index in [1.54, 1.807) is 6.92 Å². The minimum atomic E-state index is -0.915. The zero-order valence-corrected chi connectivity index (χ0v) is 10.8. The molecule has 0 unspecified atom stereocenters. The van der Waals surface area contributed by atoms with Crippen LogP contribution in [0.25, 0.3) is 0 Å². The lowest BCUT2D eigenvalue weighted by atomic mass is 10.2. The van der Waals surface area contributed by atoms with Gasteiger partial charge in [-0.05, 0) is 53.0 Å². The number of nitrogens with one attached hydrogen (secondary N) is 1. The van der Waals surface area contributed by atoms with Crippen molar-refractivity contribution in [3.05, 3.63) is 39.9 Å². The molecule has 0 fully saturated rings. The summed E-state index contributed by atoms with van der Waals surface area (Å²) in [4.78, 5) is 10.4. The van der Waals surface area contributed by atoms with Crippen LogP contribution in [-0.4, -0.2) is 17.6 Å². The van der Waals surface area contributed by atoms with Crippen LogP contribution in [0.4, 0.5) is 5.69 Å². The van der Waals surface area contributed by atoms with E-state index >= 15 is 0 Å². The molecule has 1 aromatic rings. The van der Waals surface area contributed by atoms with E-state index in [0.29, 0.717) is 6.54 Å². The van der Waals surface area contributed by atoms with E-state index < -0.39 is 5.97 Å². The van der Waals surface area contributed by atoms with Crippen LogP contribution in [0.2, 0.25) is 0 Å². The number of rotatable bonds is 4. The molecule has 0 saturated heterocycles. The van der Waals surface area contributed by atoms with Crippen molar-refractivity contribution in [2.45, 2.75) is 13.8 Å². The maximum absolute atomic E-state index is 10.4. The van der Waals surface area contributed by atoms with E-state index in [1.807, 2.05) is 25.1 Å². The first kappa shape index (κ1) is 12.8. The van der Waals surface area contributed by atoms with Crippen molar-refractivity contribution >= 4 is 27.6 Å². The lowest BCUT2D eigenvalue weighted by Crippen LogP contribution is -2.05. The molecule has 2 N–H and O–H groups in total. The molecule has 0 amide bonds. The van der Waals surface area contributed by atoms with Gasteiger partial charge in [-0.15, -0.1) is 0 Å². The minimum absolute atomic E-state index is 0.522. The van der Waals surface area contributed by atoms with Crippen LogP contribution in [0.3, 0.4) is 0 Å². The van der Waals surface area contributed by atoms with Crippen LogP contribution in [0.15, 0.2) is 34.3 Å². The van der Waals surface area contributed by atoms with Gasteiger partial charge in [0.15, 0.2) is 0 Å². The number of benzene rings is 1. The van der Waals surface area contributed by atoms with Crippen molar-refractivity contribution < 1.29 is 9.90 Å². The molecule has 0 saturated carbocycles. The molecule has 4 heteroatoms. The first-order valence-electron chi connectivity index (χ1n) is 4.89. The zero-order valence-electron chi connectivity index (χ0n) is 9.25. The van der Waals surface area contributed by atoms with Crippen LogP contribution in [0.1, 0.15) is 12.5 Å². The Labute approximate surface area is 103 Å². The van der Waals surface area contributed by atoms with Crippen molar-refractivity contribution in [2.24, 2.45) is 0 Å². The summed E-state index contributed by atoms with van der Waals surface area (Å²) in [5, 5.41) is 11.7. The van der Waals surface area contributed by atoms with Gasteiger partial charge in [0.25, 0.3) is 0 Å². The molecule has 16 heavy (non-hydrogen) atoms. The van der Waals surface area contributed by atoms with Gasteiger partial charge < -0.3 is 10.4 Å². The molecule has 1 rings (SSSR count). The number of carboxylic acid groups (broad SMARTS) is 1. The molecule has 0 aromatic heterocycles. The monoisotopic (exact) mass is 283 g/mol. The molecule has 0 spiro atoms. The average molecular weight is 284 g/mol. The van der Waals surface area contributed by atoms with Gasteiger partial charge in [0.05, 0.1) is 0 Å². The Morgan fingerprint density at radius 2 is 2.25 bits per heavy atom. The molecule has 0 bridgehead atoms. The van der Waals surface area contributed by atoms with Gasteiger partial charge in [0, 0.05) is 22.8 Å².